The van der Waals surface area contributed by atoms with Gasteiger partial charge in [0.15, 0.2) is 0 Å². The molecular weight excluding hydrogens is 210 g/mol. The number of hydrogen-bond acceptors (Lipinski definition) is 3. The number of anilines is 1. The van der Waals surface area contributed by atoms with Gasteiger partial charge in [-0.15, -0.1) is 0 Å². The molecule has 2 rings (SSSR count). The topological polar surface area (TPSA) is 50.9 Å². The van der Waals surface area contributed by atoms with Crippen LogP contribution in [0.5, 0.6) is 0 Å². The third kappa shape index (κ3) is 2.11. The molecule has 0 aliphatic heterocycles. The second kappa shape index (κ2) is 4.72. The smallest absolute Gasteiger partial charge is 0.144 e. The average molecular weight is 229 g/mol. The molecule has 0 radical (unpaired) electrons. The summed E-state index contributed by atoms with van der Waals surface area (Å²) in [5, 5.41) is 1.19. The predicted octanol–water partition coefficient (Wildman–Crippen LogP) is 3.21. The largest absolute Gasteiger partial charge is 0.308 e. The van der Waals surface area contributed by atoms with Crippen molar-refractivity contribution in [2.24, 2.45) is 5.84 Å². The molecule has 17 heavy (non-hydrogen) atoms. The zero-order valence-electron chi connectivity index (χ0n) is 10.6. The molecule has 3 heteroatoms. The minimum atomic E-state index is 0.406. The summed E-state index contributed by atoms with van der Waals surface area (Å²) >= 11 is 0. The number of aromatic nitrogens is 1. The van der Waals surface area contributed by atoms with Crippen LogP contribution in [-0.2, 0) is 6.42 Å². The van der Waals surface area contributed by atoms with Gasteiger partial charge in [0.05, 0.1) is 5.52 Å². The molecule has 0 atom stereocenters. The van der Waals surface area contributed by atoms with E-state index in [-0.39, 0.29) is 0 Å². The molecule has 0 amide bonds. The number of fused-ring (bicyclic) bond motifs is 1. The van der Waals surface area contributed by atoms with E-state index in [1.165, 1.54) is 10.9 Å². The summed E-state index contributed by atoms with van der Waals surface area (Å²) in [4.78, 5) is 4.65. The van der Waals surface area contributed by atoms with Gasteiger partial charge in [0, 0.05) is 5.39 Å². The Morgan fingerprint density at radius 2 is 2.12 bits per heavy atom. The summed E-state index contributed by atoms with van der Waals surface area (Å²) in [6, 6.07) is 8.49. The van der Waals surface area contributed by atoms with E-state index in [0.717, 1.165) is 23.3 Å². The summed E-state index contributed by atoms with van der Waals surface area (Å²) in [6.45, 7) is 6.43. The highest BCUT2D eigenvalue weighted by Gasteiger charge is 2.10. The SMILES string of the molecule is CCc1cccc2cc(C(C)C)c(NN)nc12. The third-order valence-electron chi connectivity index (χ3n) is 3.10. The highest BCUT2D eigenvalue weighted by atomic mass is 15.2. The lowest BCUT2D eigenvalue weighted by atomic mass is 10.00. The Balaban J connectivity index is 2.73. The summed E-state index contributed by atoms with van der Waals surface area (Å²) in [6.07, 6.45) is 0.982. The van der Waals surface area contributed by atoms with Crippen LogP contribution in [0.15, 0.2) is 24.3 Å². The third-order valence-corrected chi connectivity index (χ3v) is 3.10. The molecule has 3 N–H and O–H groups in total. The first-order valence-corrected chi connectivity index (χ1v) is 6.06. The number of rotatable bonds is 3. The van der Waals surface area contributed by atoms with Gasteiger partial charge in [-0.1, -0.05) is 39.0 Å². The second-order valence-corrected chi connectivity index (χ2v) is 4.57. The minimum Gasteiger partial charge on any atom is -0.308 e. The van der Waals surface area contributed by atoms with Crippen molar-refractivity contribution in [3.05, 3.63) is 35.4 Å². The van der Waals surface area contributed by atoms with Gasteiger partial charge in [-0.2, -0.15) is 0 Å². The highest BCUT2D eigenvalue weighted by Crippen LogP contribution is 2.27. The fourth-order valence-electron chi connectivity index (χ4n) is 2.12. The molecule has 1 aromatic carbocycles. The molecule has 90 valence electrons. The van der Waals surface area contributed by atoms with E-state index in [9.17, 15) is 0 Å². The van der Waals surface area contributed by atoms with Gasteiger partial charge >= 0.3 is 0 Å². The van der Waals surface area contributed by atoms with Crippen molar-refractivity contribution in [3.63, 3.8) is 0 Å². The van der Waals surface area contributed by atoms with Crippen LogP contribution in [0.25, 0.3) is 10.9 Å². The Hall–Kier alpha value is -1.61. The Kier molecular flexibility index (Phi) is 3.29. The maximum absolute atomic E-state index is 5.56. The van der Waals surface area contributed by atoms with Gasteiger partial charge in [0.1, 0.15) is 5.82 Å². The number of benzene rings is 1. The quantitative estimate of drug-likeness (QED) is 0.627. The maximum Gasteiger partial charge on any atom is 0.144 e. The highest BCUT2D eigenvalue weighted by molar-refractivity contribution is 5.84. The molecule has 1 heterocycles. The Morgan fingerprint density at radius 3 is 2.71 bits per heavy atom. The summed E-state index contributed by atoms with van der Waals surface area (Å²) < 4.78 is 0. The minimum absolute atomic E-state index is 0.406. The number of hydrogen-bond donors (Lipinski definition) is 2. The normalized spacial score (nSPS) is 11.1. The molecule has 1 aromatic heterocycles. The van der Waals surface area contributed by atoms with Gasteiger partial charge in [-0.25, -0.2) is 10.8 Å². The summed E-state index contributed by atoms with van der Waals surface area (Å²) in [5.41, 5.74) is 6.18. The molecule has 0 aliphatic carbocycles. The number of nitrogen functional groups attached to an aromatic ring is 1. The predicted molar refractivity (Wildman–Crippen MR) is 73.0 cm³/mol. The first-order chi connectivity index (χ1) is 8.17. The molecule has 0 unspecified atom stereocenters. The van der Waals surface area contributed by atoms with Crippen LogP contribution in [0.2, 0.25) is 0 Å². The van der Waals surface area contributed by atoms with Crippen molar-refractivity contribution >= 4 is 16.7 Å². The van der Waals surface area contributed by atoms with Crippen molar-refractivity contribution in [1.29, 1.82) is 0 Å². The monoisotopic (exact) mass is 229 g/mol. The molecule has 3 nitrogen and oxygen atoms in total. The van der Waals surface area contributed by atoms with Crippen molar-refractivity contribution in [2.75, 3.05) is 5.43 Å². The van der Waals surface area contributed by atoms with Crippen molar-refractivity contribution in [3.8, 4) is 0 Å². The van der Waals surface area contributed by atoms with Crippen LogP contribution in [0.1, 0.15) is 37.8 Å². The van der Waals surface area contributed by atoms with Crippen molar-refractivity contribution in [2.45, 2.75) is 33.1 Å². The van der Waals surface area contributed by atoms with Gasteiger partial charge in [-0.05, 0) is 29.5 Å². The van der Waals surface area contributed by atoms with E-state index < -0.39 is 0 Å². The number of nitrogens with two attached hydrogens (primary N) is 1. The second-order valence-electron chi connectivity index (χ2n) is 4.57. The number of nitrogens with zero attached hydrogens (tertiary/aromatic N) is 1. The molecular formula is C14H19N3. The van der Waals surface area contributed by atoms with Crippen LogP contribution in [0, 0.1) is 0 Å². The van der Waals surface area contributed by atoms with E-state index in [1.54, 1.807) is 0 Å². The number of hydrazine groups is 1. The molecule has 2 aromatic rings. The van der Waals surface area contributed by atoms with Crippen LogP contribution in [0.4, 0.5) is 5.82 Å². The molecule has 0 fully saturated rings. The van der Waals surface area contributed by atoms with E-state index in [2.05, 4.69) is 55.4 Å². The molecule has 0 bridgehead atoms. The van der Waals surface area contributed by atoms with Crippen LogP contribution in [-0.4, -0.2) is 4.98 Å². The van der Waals surface area contributed by atoms with Gasteiger partial charge in [-0.3, -0.25) is 0 Å². The number of para-hydroxylation sites is 1. The van der Waals surface area contributed by atoms with E-state index in [0.29, 0.717) is 5.92 Å². The van der Waals surface area contributed by atoms with Crippen molar-refractivity contribution < 1.29 is 0 Å². The Labute approximate surface area is 102 Å². The van der Waals surface area contributed by atoms with Crippen LogP contribution in [0.3, 0.4) is 0 Å². The lowest BCUT2D eigenvalue weighted by Gasteiger charge is -2.14. The van der Waals surface area contributed by atoms with Crippen LogP contribution < -0.4 is 11.3 Å². The Morgan fingerprint density at radius 1 is 1.35 bits per heavy atom. The molecule has 0 aliphatic rings. The van der Waals surface area contributed by atoms with Gasteiger partial charge in [0.25, 0.3) is 0 Å². The zero-order chi connectivity index (χ0) is 12.4. The molecule has 0 spiro atoms. The van der Waals surface area contributed by atoms with Crippen molar-refractivity contribution in [1.82, 2.24) is 4.98 Å². The first kappa shape index (κ1) is 11.9. The fraction of sp³-hybridized carbons (Fsp3) is 0.357. The first-order valence-electron chi connectivity index (χ1n) is 6.06. The number of nitrogens with one attached hydrogen (secondary N) is 1. The van der Waals surface area contributed by atoms with Gasteiger partial charge < -0.3 is 5.43 Å². The molecule has 0 saturated carbocycles. The summed E-state index contributed by atoms with van der Waals surface area (Å²) in [7, 11) is 0. The number of pyridine rings is 1. The lowest BCUT2D eigenvalue weighted by molar-refractivity contribution is 0.862. The van der Waals surface area contributed by atoms with E-state index in [1.807, 2.05) is 0 Å². The zero-order valence-corrected chi connectivity index (χ0v) is 10.6. The standard InChI is InChI=1S/C14H19N3/c1-4-10-6-5-7-11-8-12(9(2)3)14(17-15)16-13(10)11/h5-9H,4,15H2,1-3H3,(H,16,17). The van der Waals surface area contributed by atoms with Gasteiger partial charge in [0.2, 0.25) is 0 Å². The average Bonchev–Trinajstić information content (AvgIpc) is 2.36. The Bertz CT molecular complexity index is 532. The van der Waals surface area contributed by atoms with Crippen LogP contribution >= 0.6 is 0 Å². The lowest BCUT2D eigenvalue weighted by Crippen LogP contribution is -2.12. The fourth-order valence-corrected chi connectivity index (χ4v) is 2.12. The summed E-state index contributed by atoms with van der Waals surface area (Å²) in [5.74, 6) is 6.75. The maximum atomic E-state index is 5.56. The molecule has 0 saturated heterocycles. The van der Waals surface area contributed by atoms with E-state index in [4.69, 9.17) is 5.84 Å². The van der Waals surface area contributed by atoms with E-state index >= 15 is 0 Å². The number of aryl methyl sites for hydroxylation is 1.